The molecule has 13 nitrogen and oxygen atoms in total. The fraction of sp³-hybridized carbons (Fsp3) is 0.471. The minimum absolute atomic E-state index is 0.0691. The summed E-state index contributed by atoms with van der Waals surface area (Å²) in [5, 5.41) is 28.3. The number of thioether (sulfide) groups is 1. The average Bonchev–Trinajstić information content (AvgIpc) is 3.08. The molecule has 1 fully saturated rings. The molecule has 0 aliphatic carbocycles. The van der Waals surface area contributed by atoms with Gasteiger partial charge in [0.15, 0.2) is 0 Å². The largest absolute Gasteiger partial charge is 0.543 e. The molecule has 3 rings (SSSR count). The number of hydrogen-bond acceptors (Lipinski definition) is 10. The van der Waals surface area contributed by atoms with Crippen LogP contribution in [-0.4, -0.2) is 67.1 Å². The Morgan fingerprint density at radius 3 is 2.71 bits per heavy atom. The highest BCUT2D eigenvalue weighted by Crippen LogP contribution is 2.40. The quantitative estimate of drug-likeness (QED) is 0.210. The molecule has 0 saturated carbocycles. The van der Waals surface area contributed by atoms with Gasteiger partial charge in [-0.25, -0.2) is 0 Å². The van der Waals surface area contributed by atoms with Gasteiger partial charge in [-0.1, -0.05) is 0 Å². The molecule has 3 heterocycles. The number of β-lactam (4-membered cyclic amide) rings is 1. The summed E-state index contributed by atoms with van der Waals surface area (Å²) in [6.07, 6.45) is 1.14. The van der Waals surface area contributed by atoms with Gasteiger partial charge < -0.3 is 20.0 Å². The lowest BCUT2D eigenvalue weighted by atomic mass is 10.0. The molecule has 1 N–H and O–H groups in total. The van der Waals surface area contributed by atoms with E-state index >= 15 is 0 Å². The number of nitro groups is 1. The van der Waals surface area contributed by atoms with Crippen molar-refractivity contribution in [3.8, 4) is 0 Å². The predicted molar refractivity (Wildman–Crippen MR) is 102 cm³/mol. The second-order valence-electron chi connectivity index (χ2n) is 6.84. The normalized spacial score (nSPS) is 20.1. The molecular weight excluding hydrogens is 434 g/mol. The number of aliphatic carboxylic acids is 1. The third kappa shape index (κ3) is 4.52. The van der Waals surface area contributed by atoms with Gasteiger partial charge in [0.05, 0.1) is 16.6 Å². The van der Waals surface area contributed by atoms with Gasteiger partial charge >= 0.3 is 11.7 Å². The van der Waals surface area contributed by atoms with Crippen LogP contribution >= 0.6 is 11.8 Å². The number of ether oxygens (including phenoxy) is 1. The number of carboxylic acids is 1. The first-order valence-electron chi connectivity index (χ1n) is 9.09. The van der Waals surface area contributed by atoms with Crippen LogP contribution in [0.2, 0.25) is 0 Å². The van der Waals surface area contributed by atoms with E-state index in [0.717, 1.165) is 4.90 Å². The van der Waals surface area contributed by atoms with Crippen molar-refractivity contribution in [1.29, 1.82) is 0 Å². The number of nitrogens with one attached hydrogen (secondary N) is 1. The highest BCUT2D eigenvalue weighted by Gasteiger charge is 2.52. The van der Waals surface area contributed by atoms with Crippen LogP contribution in [0.3, 0.4) is 0 Å². The zero-order valence-electron chi connectivity index (χ0n) is 16.5. The van der Waals surface area contributed by atoms with Gasteiger partial charge in [0, 0.05) is 31.2 Å². The van der Waals surface area contributed by atoms with Crippen LogP contribution in [0.4, 0.5) is 5.69 Å². The van der Waals surface area contributed by atoms with E-state index in [9.17, 15) is 34.4 Å². The number of amides is 2. The minimum Gasteiger partial charge on any atom is -0.543 e. The number of carbonyl (C=O) groups is 4. The molecule has 0 radical (unpaired) electrons. The molecule has 14 heteroatoms. The lowest BCUT2D eigenvalue weighted by Crippen LogP contribution is -2.71. The van der Waals surface area contributed by atoms with Gasteiger partial charge in [0.2, 0.25) is 5.91 Å². The Bertz CT molecular complexity index is 1000. The van der Waals surface area contributed by atoms with Crippen LogP contribution in [0.5, 0.6) is 0 Å². The van der Waals surface area contributed by atoms with E-state index in [-0.39, 0.29) is 48.0 Å². The standard InChI is InChI=1S/C17H19N5O8S/c1-8-11(22(28)29)5-20(19-8)4-3-12(24)18-13-15(25)21-14(17(26)27)10(6-30-9(2)23)7-31-16(13)21/h5,13,16H,3-4,6-7H2,1-2H3,(H,18,24)(H,26,27)/p-1. The molecule has 1 saturated heterocycles. The third-order valence-corrected chi connectivity index (χ3v) is 6.03. The molecule has 31 heavy (non-hydrogen) atoms. The second kappa shape index (κ2) is 8.75. The number of rotatable bonds is 8. The van der Waals surface area contributed by atoms with E-state index in [4.69, 9.17) is 4.74 Å². The van der Waals surface area contributed by atoms with Crippen LogP contribution in [0.1, 0.15) is 19.0 Å². The summed E-state index contributed by atoms with van der Waals surface area (Å²) >= 11 is 1.23. The topological polar surface area (TPSA) is 177 Å². The second-order valence-corrected chi connectivity index (χ2v) is 7.95. The summed E-state index contributed by atoms with van der Waals surface area (Å²) < 4.78 is 6.11. The summed E-state index contributed by atoms with van der Waals surface area (Å²) in [5.74, 6) is -3.07. The Morgan fingerprint density at radius 2 is 2.13 bits per heavy atom. The predicted octanol–water partition coefficient (Wildman–Crippen LogP) is -1.54. The number of nitrogens with zero attached hydrogens (tertiary/aromatic N) is 4. The molecule has 0 spiro atoms. The van der Waals surface area contributed by atoms with Gasteiger partial charge in [-0.15, -0.1) is 11.8 Å². The first-order chi connectivity index (χ1) is 14.6. The lowest BCUT2D eigenvalue weighted by Gasteiger charge is -2.50. The van der Waals surface area contributed by atoms with Gasteiger partial charge in [-0.3, -0.25) is 34.1 Å². The van der Waals surface area contributed by atoms with Crippen molar-refractivity contribution in [2.75, 3.05) is 12.4 Å². The fourth-order valence-corrected chi connectivity index (χ4v) is 4.56. The SMILES string of the molecule is CC(=O)OCC1=C(C(=O)[O-])N2C(=O)C(NC(=O)CCn3cc([N+](=O)[O-])c(C)n3)C2SC1. The van der Waals surface area contributed by atoms with E-state index in [1.54, 1.807) is 0 Å². The van der Waals surface area contributed by atoms with Crippen LogP contribution in [0, 0.1) is 17.0 Å². The van der Waals surface area contributed by atoms with E-state index in [1.165, 1.54) is 36.5 Å². The van der Waals surface area contributed by atoms with Crippen molar-refractivity contribution in [1.82, 2.24) is 20.0 Å². The molecule has 2 aliphatic rings. The maximum absolute atomic E-state index is 12.5. The summed E-state index contributed by atoms with van der Waals surface area (Å²) in [6.45, 7) is 2.46. The Morgan fingerprint density at radius 1 is 1.42 bits per heavy atom. The molecule has 2 unspecified atom stereocenters. The summed E-state index contributed by atoms with van der Waals surface area (Å²) in [4.78, 5) is 58.6. The number of esters is 1. The van der Waals surface area contributed by atoms with E-state index < -0.39 is 40.1 Å². The van der Waals surface area contributed by atoms with Gasteiger partial charge in [-0.05, 0) is 6.92 Å². The molecule has 166 valence electrons. The number of aryl methyl sites for hydroxylation is 2. The van der Waals surface area contributed by atoms with Crippen molar-refractivity contribution >= 4 is 41.2 Å². The summed E-state index contributed by atoms with van der Waals surface area (Å²) in [6, 6.07) is -0.921. The van der Waals surface area contributed by atoms with Gasteiger partial charge in [0.1, 0.15) is 29.9 Å². The molecule has 0 bridgehead atoms. The Hall–Kier alpha value is -3.42. The third-order valence-electron chi connectivity index (χ3n) is 4.69. The molecule has 2 aliphatic heterocycles. The molecular formula is C17H18N5O8S-. The molecule has 2 amide bonds. The molecule has 0 aromatic carbocycles. The van der Waals surface area contributed by atoms with Crippen LogP contribution in [-0.2, 0) is 30.5 Å². The van der Waals surface area contributed by atoms with Crippen molar-refractivity contribution < 1.29 is 33.9 Å². The highest BCUT2D eigenvalue weighted by atomic mass is 32.2. The van der Waals surface area contributed by atoms with E-state index in [2.05, 4.69) is 10.4 Å². The summed E-state index contributed by atoms with van der Waals surface area (Å²) in [5.41, 5.74) is -0.0417. The first-order valence-corrected chi connectivity index (χ1v) is 10.1. The minimum atomic E-state index is -1.57. The zero-order valence-corrected chi connectivity index (χ0v) is 17.3. The smallest absolute Gasteiger partial charge is 0.309 e. The van der Waals surface area contributed by atoms with Gasteiger partial charge in [0.25, 0.3) is 5.91 Å². The number of carbonyl (C=O) groups excluding carboxylic acids is 4. The average molecular weight is 452 g/mol. The van der Waals surface area contributed by atoms with Crippen molar-refractivity contribution in [2.24, 2.45) is 0 Å². The van der Waals surface area contributed by atoms with Crippen LogP contribution in [0.25, 0.3) is 0 Å². The number of carboxylic acid groups (broad SMARTS) is 1. The maximum Gasteiger partial charge on any atom is 0.309 e. The summed E-state index contributed by atoms with van der Waals surface area (Å²) in [7, 11) is 0. The lowest BCUT2D eigenvalue weighted by molar-refractivity contribution is -0.385. The number of aromatic nitrogens is 2. The van der Waals surface area contributed by atoms with Crippen LogP contribution in [0.15, 0.2) is 17.5 Å². The maximum atomic E-state index is 12.5. The molecule has 2 atom stereocenters. The fourth-order valence-electron chi connectivity index (χ4n) is 3.23. The Balaban J connectivity index is 1.61. The molecule has 1 aromatic rings. The Labute approximate surface area is 179 Å². The van der Waals surface area contributed by atoms with Crippen molar-refractivity contribution in [2.45, 2.75) is 38.2 Å². The van der Waals surface area contributed by atoms with Crippen LogP contribution < -0.4 is 10.4 Å². The first kappa shape index (κ1) is 22.3. The van der Waals surface area contributed by atoms with Crippen molar-refractivity contribution in [3.63, 3.8) is 0 Å². The van der Waals surface area contributed by atoms with E-state index in [1.807, 2.05) is 0 Å². The van der Waals surface area contributed by atoms with Crippen molar-refractivity contribution in [3.05, 3.63) is 33.3 Å². The number of hydrogen-bond donors (Lipinski definition) is 1. The number of fused-ring (bicyclic) bond motifs is 1. The Kier molecular flexibility index (Phi) is 6.29. The van der Waals surface area contributed by atoms with Gasteiger partial charge in [-0.2, -0.15) is 5.10 Å². The van der Waals surface area contributed by atoms with E-state index in [0.29, 0.717) is 0 Å². The zero-order chi connectivity index (χ0) is 22.9. The molecule has 1 aromatic heterocycles. The monoisotopic (exact) mass is 452 g/mol. The highest BCUT2D eigenvalue weighted by molar-refractivity contribution is 8.00.